The summed E-state index contributed by atoms with van der Waals surface area (Å²) in [5, 5.41) is 9.02. The standard InChI is InChI=1S/C13H16N2O2/c16-13(17)15-7-6-11-12(15)9-14(11)8-10-4-2-1-3-5-10/h1-5,11-12H,6-9H2,(H,16,17)/t11-,12-/m0/s1. The van der Waals surface area contributed by atoms with Crippen LogP contribution in [0.15, 0.2) is 30.3 Å². The number of amides is 1. The molecular weight excluding hydrogens is 216 g/mol. The lowest BCUT2D eigenvalue weighted by atomic mass is 9.96. The molecule has 0 unspecified atom stereocenters. The first-order valence-corrected chi connectivity index (χ1v) is 6.03. The van der Waals surface area contributed by atoms with Crippen LogP contribution < -0.4 is 0 Å². The molecule has 0 aromatic heterocycles. The van der Waals surface area contributed by atoms with Gasteiger partial charge in [0.25, 0.3) is 0 Å². The lowest BCUT2D eigenvalue weighted by molar-refractivity contribution is 0.0195. The average molecular weight is 232 g/mol. The lowest BCUT2D eigenvalue weighted by Gasteiger charge is -2.46. The van der Waals surface area contributed by atoms with Gasteiger partial charge in [-0.05, 0) is 12.0 Å². The third-order valence-electron chi connectivity index (χ3n) is 3.88. The first-order valence-electron chi connectivity index (χ1n) is 6.03. The van der Waals surface area contributed by atoms with Gasteiger partial charge in [0.05, 0.1) is 6.04 Å². The molecule has 17 heavy (non-hydrogen) atoms. The van der Waals surface area contributed by atoms with E-state index in [0.717, 1.165) is 19.5 Å². The van der Waals surface area contributed by atoms with E-state index < -0.39 is 6.09 Å². The summed E-state index contributed by atoms with van der Waals surface area (Å²) in [5.41, 5.74) is 1.31. The van der Waals surface area contributed by atoms with Crippen molar-refractivity contribution in [2.24, 2.45) is 0 Å². The Hall–Kier alpha value is -1.55. The van der Waals surface area contributed by atoms with Crippen molar-refractivity contribution in [1.29, 1.82) is 0 Å². The smallest absolute Gasteiger partial charge is 0.407 e. The van der Waals surface area contributed by atoms with Gasteiger partial charge in [0.2, 0.25) is 0 Å². The maximum Gasteiger partial charge on any atom is 0.407 e. The molecule has 2 saturated heterocycles. The van der Waals surface area contributed by atoms with Crippen LogP contribution in [0.25, 0.3) is 0 Å². The van der Waals surface area contributed by atoms with Crippen LogP contribution >= 0.6 is 0 Å². The minimum Gasteiger partial charge on any atom is -0.465 e. The fourth-order valence-corrected chi connectivity index (χ4v) is 2.96. The van der Waals surface area contributed by atoms with Crippen molar-refractivity contribution in [2.45, 2.75) is 25.0 Å². The molecule has 1 N–H and O–H groups in total. The topological polar surface area (TPSA) is 43.8 Å². The van der Waals surface area contributed by atoms with Gasteiger partial charge in [-0.15, -0.1) is 0 Å². The Morgan fingerprint density at radius 3 is 2.76 bits per heavy atom. The monoisotopic (exact) mass is 232 g/mol. The molecule has 0 spiro atoms. The summed E-state index contributed by atoms with van der Waals surface area (Å²) in [5.74, 6) is 0. The Morgan fingerprint density at radius 1 is 1.29 bits per heavy atom. The van der Waals surface area contributed by atoms with Gasteiger partial charge in [-0.1, -0.05) is 30.3 Å². The van der Waals surface area contributed by atoms with Crippen molar-refractivity contribution in [3.05, 3.63) is 35.9 Å². The number of carboxylic acid groups (broad SMARTS) is 1. The molecular formula is C13H16N2O2. The SMILES string of the molecule is O=C(O)N1CC[C@H]2[C@@H]1CN2Cc1ccccc1. The highest BCUT2D eigenvalue weighted by Gasteiger charge is 2.48. The van der Waals surface area contributed by atoms with Crippen LogP contribution in [-0.2, 0) is 6.54 Å². The largest absolute Gasteiger partial charge is 0.465 e. The summed E-state index contributed by atoms with van der Waals surface area (Å²) >= 11 is 0. The fraction of sp³-hybridized carbons (Fsp3) is 0.462. The number of likely N-dealkylation sites (tertiary alicyclic amines) is 2. The summed E-state index contributed by atoms with van der Waals surface area (Å²) < 4.78 is 0. The molecule has 4 heteroatoms. The van der Waals surface area contributed by atoms with Crippen LogP contribution in [0.3, 0.4) is 0 Å². The molecule has 2 atom stereocenters. The van der Waals surface area contributed by atoms with Crippen LogP contribution in [0.4, 0.5) is 4.79 Å². The second-order valence-corrected chi connectivity index (χ2v) is 4.81. The maximum atomic E-state index is 11.0. The minimum absolute atomic E-state index is 0.233. The zero-order valence-corrected chi connectivity index (χ0v) is 9.62. The van der Waals surface area contributed by atoms with Crippen LogP contribution in [0, 0.1) is 0 Å². The number of rotatable bonds is 2. The van der Waals surface area contributed by atoms with E-state index in [-0.39, 0.29) is 6.04 Å². The van der Waals surface area contributed by atoms with Gasteiger partial charge in [-0.2, -0.15) is 0 Å². The van der Waals surface area contributed by atoms with E-state index in [1.54, 1.807) is 4.90 Å². The molecule has 3 rings (SSSR count). The van der Waals surface area contributed by atoms with Crippen molar-refractivity contribution in [2.75, 3.05) is 13.1 Å². The molecule has 1 aromatic rings. The minimum atomic E-state index is -0.767. The van der Waals surface area contributed by atoms with Gasteiger partial charge in [-0.3, -0.25) is 4.90 Å². The molecule has 1 amide bonds. The van der Waals surface area contributed by atoms with E-state index in [1.165, 1.54) is 5.56 Å². The number of carbonyl (C=O) groups is 1. The third-order valence-corrected chi connectivity index (χ3v) is 3.88. The Bertz CT molecular complexity index is 421. The summed E-state index contributed by atoms with van der Waals surface area (Å²) in [4.78, 5) is 14.9. The van der Waals surface area contributed by atoms with Crippen molar-refractivity contribution in [1.82, 2.24) is 9.80 Å². The normalized spacial score (nSPS) is 27.6. The first kappa shape index (κ1) is 10.6. The molecule has 90 valence electrons. The number of hydrogen-bond donors (Lipinski definition) is 1. The molecule has 0 aliphatic carbocycles. The van der Waals surface area contributed by atoms with E-state index in [1.807, 2.05) is 18.2 Å². The second kappa shape index (κ2) is 4.04. The van der Waals surface area contributed by atoms with Gasteiger partial charge < -0.3 is 10.0 Å². The molecule has 2 aliphatic rings. The quantitative estimate of drug-likeness (QED) is 0.842. The Kier molecular flexibility index (Phi) is 2.52. The van der Waals surface area contributed by atoms with E-state index in [4.69, 9.17) is 5.11 Å². The number of fused-ring (bicyclic) bond motifs is 1. The zero-order valence-electron chi connectivity index (χ0n) is 9.62. The molecule has 2 aliphatic heterocycles. The average Bonchev–Trinajstić information content (AvgIpc) is 2.65. The van der Waals surface area contributed by atoms with Crippen molar-refractivity contribution >= 4 is 6.09 Å². The molecule has 0 saturated carbocycles. The fourth-order valence-electron chi connectivity index (χ4n) is 2.96. The number of benzene rings is 1. The van der Waals surface area contributed by atoms with E-state index in [9.17, 15) is 4.79 Å². The summed E-state index contributed by atoms with van der Waals surface area (Å²) in [6.45, 7) is 2.51. The summed E-state index contributed by atoms with van der Waals surface area (Å²) in [6.07, 6.45) is 0.209. The zero-order chi connectivity index (χ0) is 11.8. The van der Waals surface area contributed by atoms with Gasteiger partial charge in [0.1, 0.15) is 0 Å². The van der Waals surface area contributed by atoms with Gasteiger partial charge in [0, 0.05) is 25.7 Å². The molecule has 2 fully saturated rings. The van der Waals surface area contributed by atoms with Crippen molar-refractivity contribution < 1.29 is 9.90 Å². The number of nitrogens with zero attached hydrogens (tertiary/aromatic N) is 2. The Labute approximate surface area is 100 Å². The van der Waals surface area contributed by atoms with E-state index in [2.05, 4.69) is 17.0 Å². The van der Waals surface area contributed by atoms with Crippen molar-refractivity contribution in [3.63, 3.8) is 0 Å². The van der Waals surface area contributed by atoms with Crippen molar-refractivity contribution in [3.8, 4) is 0 Å². The third kappa shape index (κ3) is 1.78. The Morgan fingerprint density at radius 2 is 2.06 bits per heavy atom. The highest BCUT2D eigenvalue weighted by Crippen LogP contribution is 2.33. The van der Waals surface area contributed by atoms with Crippen LogP contribution in [0.2, 0.25) is 0 Å². The molecule has 4 nitrogen and oxygen atoms in total. The Balaban J connectivity index is 1.62. The van der Waals surface area contributed by atoms with Crippen LogP contribution in [0.1, 0.15) is 12.0 Å². The van der Waals surface area contributed by atoms with Crippen LogP contribution in [-0.4, -0.2) is 46.2 Å². The second-order valence-electron chi connectivity index (χ2n) is 4.81. The highest BCUT2D eigenvalue weighted by molar-refractivity contribution is 5.66. The predicted molar refractivity (Wildman–Crippen MR) is 63.8 cm³/mol. The van der Waals surface area contributed by atoms with E-state index >= 15 is 0 Å². The van der Waals surface area contributed by atoms with Gasteiger partial charge in [0.15, 0.2) is 0 Å². The van der Waals surface area contributed by atoms with E-state index in [0.29, 0.717) is 12.6 Å². The maximum absolute atomic E-state index is 11.0. The lowest BCUT2D eigenvalue weighted by Crippen LogP contribution is -2.61. The predicted octanol–water partition coefficient (Wildman–Crippen LogP) is 1.62. The van der Waals surface area contributed by atoms with Gasteiger partial charge in [-0.25, -0.2) is 4.79 Å². The van der Waals surface area contributed by atoms with Gasteiger partial charge >= 0.3 is 6.09 Å². The summed E-state index contributed by atoms with van der Waals surface area (Å²) in [7, 11) is 0. The molecule has 1 aromatic carbocycles. The number of hydrogen-bond acceptors (Lipinski definition) is 2. The summed E-state index contributed by atoms with van der Waals surface area (Å²) in [6, 6.07) is 11.0. The first-order chi connectivity index (χ1) is 8.25. The highest BCUT2D eigenvalue weighted by atomic mass is 16.4. The van der Waals surface area contributed by atoms with Crippen LogP contribution in [0.5, 0.6) is 0 Å². The molecule has 2 heterocycles. The molecule has 0 bridgehead atoms. The molecule has 0 radical (unpaired) electrons.